The maximum Gasteiger partial charge on any atom is 0.261 e. The zero-order valence-corrected chi connectivity index (χ0v) is 26.5. The molecule has 0 saturated heterocycles. The van der Waals surface area contributed by atoms with Gasteiger partial charge in [-0.05, 0) is 80.6 Å². The Hall–Kier alpha value is -4.69. The Morgan fingerprint density at radius 3 is 2.22 bits per heavy atom. The lowest BCUT2D eigenvalue weighted by atomic mass is 9.92. The van der Waals surface area contributed by atoms with E-state index in [0.717, 1.165) is 22.4 Å². The van der Waals surface area contributed by atoms with Crippen molar-refractivity contribution in [2.24, 2.45) is 0 Å². The summed E-state index contributed by atoms with van der Waals surface area (Å²) in [4.78, 5) is 48.3. The Morgan fingerprint density at radius 2 is 1.56 bits per heavy atom. The van der Waals surface area contributed by atoms with E-state index in [1.807, 2.05) is 64.1 Å². The van der Waals surface area contributed by atoms with Crippen molar-refractivity contribution in [1.29, 1.82) is 0 Å². The highest BCUT2D eigenvalue weighted by Crippen LogP contribution is 2.39. The van der Waals surface area contributed by atoms with Gasteiger partial charge < -0.3 is 14.4 Å². The lowest BCUT2D eigenvalue weighted by molar-refractivity contribution is 0.0641. The molecule has 9 heteroatoms. The van der Waals surface area contributed by atoms with Gasteiger partial charge in [0.25, 0.3) is 17.7 Å². The van der Waals surface area contributed by atoms with Crippen molar-refractivity contribution in [3.8, 4) is 11.6 Å². The van der Waals surface area contributed by atoms with E-state index in [1.54, 1.807) is 35.2 Å². The number of aryl methyl sites for hydroxylation is 2. The molecule has 0 radical (unpaired) electrons. The topological polar surface area (TPSA) is 89.0 Å². The third-order valence-corrected chi connectivity index (χ3v) is 8.51. The van der Waals surface area contributed by atoms with Crippen LogP contribution >= 0.6 is 11.6 Å². The van der Waals surface area contributed by atoms with Crippen molar-refractivity contribution in [2.45, 2.75) is 59.9 Å². The van der Waals surface area contributed by atoms with Crippen LogP contribution in [-0.4, -0.2) is 45.2 Å². The molecule has 3 heterocycles. The molecule has 0 fully saturated rings. The quantitative estimate of drug-likeness (QED) is 0.193. The number of hydrogen-bond acceptors (Lipinski definition) is 6. The summed E-state index contributed by atoms with van der Waals surface area (Å²) in [6.45, 7) is 8.70. The van der Waals surface area contributed by atoms with Gasteiger partial charge in [0.05, 0.1) is 40.9 Å². The van der Waals surface area contributed by atoms with Crippen LogP contribution in [0.1, 0.15) is 78.4 Å². The zero-order chi connectivity index (χ0) is 31.8. The summed E-state index contributed by atoms with van der Waals surface area (Å²) in [5.41, 5.74) is 6.09. The Labute approximate surface area is 267 Å². The van der Waals surface area contributed by atoms with Crippen molar-refractivity contribution in [3.63, 3.8) is 0 Å². The SMILES string of the molecule is Cc1cc(C)c(CN2CCc3c(CN4C(=O)c5ccccc5C4=O)cc(OC(C)C)c(Cl)c3C2=O)c(OCc2ccccc2)n1. The lowest BCUT2D eigenvalue weighted by Crippen LogP contribution is -2.39. The van der Waals surface area contributed by atoms with Gasteiger partial charge >= 0.3 is 0 Å². The average molecular weight is 624 g/mol. The van der Waals surface area contributed by atoms with E-state index < -0.39 is 0 Å². The number of carbonyl (C=O) groups excluding carboxylic acids is 3. The monoisotopic (exact) mass is 623 g/mol. The first-order chi connectivity index (χ1) is 21.6. The minimum atomic E-state index is -0.361. The van der Waals surface area contributed by atoms with E-state index in [1.165, 1.54) is 4.90 Å². The van der Waals surface area contributed by atoms with Crippen molar-refractivity contribution in [2.75, 3.05) is 6.54 Å². The Kier molecular flexibility index (Phi) is 8.34. The third kappa shape index (κ3) is 5.90. The fourth-order valence-electron chi connectivity index (χ4n) is 5.98. The highest BCUT2D eigenvalue weighted by atomic mass is 35.5. The molecule has 0 unspecified atom stereocenters. The molecule has 0 atom stereocenters. The normalized spacial score (nSPS) is 14.2. The first kappa shape index (κ1) is 30.3. The molecule has 2 aliphatic heterocycles. The number of rotatable bonds is 9. The maximum absolute atomic E-state index is 14.2. The predicted octanol–water partition coefficient (Wildman–Crippen LogP) is 6.71. The van der Waals surface area contributed by atoms with Crippen molar-refractivity contribution < 1.29 is 23.9 Å². The fraction of sp³-hybridized carbons (Fsp3) is 0.278. The van der Waals surface area contributed by atoms with Crippen molar-refractivity contribution in [3.05, 3.63) is 122 Å². The number of carbonyl (C=O) groups is 3. The number of halogens is 1. The van der Waals surface area contributed by atoms with E-state index in [9.17, 15) is 14.4 Å². The first-order valence-electron chi connectivity index (χ1n) is 15.0. The van der Waals surface area contributed by atoms with Crippen LogP contribution in [0.5, 0.6) is 11.6 Å². The number of nitrogens with zero attached hydrogens (tertiary/aromatic N) is 3. The number of imide groups is 1. The third-order valence-electron chi connectivity index (χ3n) is 8.14. The van der Waals surface area contributed by atoms with E-state index >= 15 is 0 Å². The van der Waals surface area contributed by atoms with Crippen molar-refractivity contribution >= 4 is 29.3 Å². The summed E-state index contributed by atoms with van der Waals surface area (Å²) < 4.78 is 12.2. The van der Waals surface area contributed by atoms with Gasteiger partial charge in [0.1, 0.15) is 12.4 Å². The van der Waals surface area contributed by atoms with E-state index in [0.29, 0.717) is 59.0 Å². The molecule has 3 aromatic carbocycles. The largest absolute Gasteiger partial charge is 0.489 e. The van der Waals surface area contributed by atoms with Crippen LogP contribution in [0, 0.1) is 13.8 Å². The summed E-state index contributed by atoms with van der Waals surface area (Å²) in [6, 6.07) is 20.4. The predicted molar refractivity (Wildman–Crippen MR) is 171 cm³/mol. The van der Waals surface area contributed by atoms with Gasteiger partial charge in [-0.25, -0.2) is 4.98 Å². The van der Waals surface area contributed by atoms with Gasteiger partial charge in [0.15, 0.2) is 0 Å². The van der Waals surface area contributed by atoms with Crippen LogP contribution in [0.15, 0.2) is 66.7 Å². The lowest BCUT2D eigenvalue weighted by Gasteiger charge is -2.32. The molecule has 8 nitrogen and oxygen atoms in total. The summed E-state index contributed by atoms with van der Waals surface area (Å²) in [6.07, 6.45) is 0.271. The highest BCUT2D eigenvalue weighted by molar-refractivity contribution is 6.35. The van der Waals surface area contributed by atoms with Gasteiger partial charge in [-0.2, -0.15) is 0 Å². The second-order valence-corrected chi connectivity index (χ2v) is 12.1. The molecule has 0 N–H and O–H groups in total. The fourth-order valence-corrected chi connectivity index (χ4v) is 6.28. The summed E-state index contributed by atoms with van der Waals surface area (Å²) >= 11 is 6.90. The summed E-state index contributed by atoms with van der Waals surface area (Å²) in [5, 5.41) is 0.221. The second kappa shape index (κ2) is 12.4. The molecule has 6 rings (SSSR count). The average Bonchev–Trinajstić information content (AvgIpc) is 3.25. The number of fused-ring (bicyclic) bond motifs is 2. The second-order valence-electron chi connectivity index (χ2n) is 11.7. The number of aromatic nitrogens is 1. The van der Waals surface area contributed by atoms with E-state index in [-0.39, 0.29) is 41.9 Å². The van der Waals surface area contributed by atoms with Gasteiger partial charge in [-0.15, -0.1) is 0 Å². The highest BCUT2D eigenvalue weighted by Gasteiger charge is 2.38. The molecule has 230 valence electrons. The molecule has 4 aromatic rings. The van der Waals surface area contributed by atoms with E-state index in [4.69, 9.17) is 21.1 Å². The number of hydrogen-bond donors (Lipinski definition) is 0. The van der Waals surface area contributed by atoms with Gasteiger partial charge in [-0.3, -0.25) is 19.3 Å². The van der Waals surface area contributed by atoms with Gasteiger partial charge in [0, 0.05) is 17.8 Å². The first-order valence-corrected chi connectivity index (χ1v) is 15.4. The molecule has 0 aliphatic carbocycles. The summed E-state index contributed by atoms with van der Waals surface area (Å²) in [7, 11) is 0. The Morgan fingerprint density at radius 1 is 0.889 bits per heavy atom. The molecule has 0 spiro atoms. The Bertz CT molecular complexity index is 1790. The van der Waals surface area contributed by atoms with Crippen LogP contribution in [-0.2, 0) is 26.1 Å². The number of ether oxygens (including phenoxy) is 2. The molecule has 0 saturated carbocycles. The van der Waals surface area contributed by atoms with Crippen LogP contribution in [0.3, 0.4) is 0 Å². The minimum absolute atomic E-state index is 0.00600. The van der Waals surface area contributed by atoms with E-state index in [2.05, 4.69) is 4.98 Å². The maximum atomic E-state index is 14.2. The minimum Gasteiger partial charge on any atom is -0.489 e. The zero-order valence-electron chi connectivity index (χ0n) is 25.7. The standard InChI is InChI=1S/C36H34ClN3O5/c1-21(2)45-30-17-25(18-40-34(41)27-12-8-9-13-28(27)35(40)42)26-14-15-39(36(43)31(26)32(30)37)19-29-22(3)16-23(4)38-33(29)44-20-24-10-6-5-7-11-24/h5-13,16-17,21H,14-15,18-20H2,1-4H3. The molecule has 3 amide bonds. The van der Waals surface area contributed by atoms with Gasteiger partial charge in [0.2, 0.25) is 5.88 Å². The molecule has 45 heavy (non-hydrogen) atoms. The molecular formula is C36H34ClN3O5. The molecular weight excluding hydrogens is 590 g/mol. The molecule has 0 bridgehead atoms. The molecule has 2 aliphatic rings. The number of benzene rings is 3. The van der Waals surface area contributed by atoms with Crippen LogP contribution in [0.2, 0.25) is 5.02 Å². The molecule has 1 aromatic heterocycles. The number of amides is 3. The van der Waals surface area contributed by atoms with Crippen LogP contribution < -0.4 is 9.47 Å². The van der Waals surface area contributed by atoms with Crippen LogP contribution in [0.25, 0.3) is 0 Å². The smallest absolute Gasteiger partial charge is 0.261 e. The summed E-state index contributed by atoms with van der Waals surface area (Å²) in [5.74, 6) is -0.149. The number of pyridine rings is 1. The van der Waals surface area contributed by atoms with Crippen LogP contribution in [0.4, 0.5) is 0 Å². The Balaban J connectivity index is 1.33. The van der Waals surface area contributed by atoms with Crippen molar-refractivity contribution in [1.82, 2.24) is 14.8 Å². The van der Waals surface area contributed by atoms with Gasteiger partial charge in [-0.1, -0.05) is 54.1 Å².